The van der Waals surface area contributed by atoms with Gasteiger partial charge in [-0.25, -0.2) is 4.39 Å². The summed E-state index contributed by atoms with van der Waals surface area (Å²) in [5.41, 5.74) is 2.09. The molecule has 0 N–H and O–H groups in total. The molecule has 0 fully saturated rings. The molecule has 3 nitrogen and oxygen atoms in total. The molecule has 2 aromatic rings. The number of aryl methyl sites for hydroxylation is 2. The largest absolute Gasteiger partial charge is 0.494 e. The molecule has 16 heavy (non-hydrogen) atoms. The van der Waals surface area contributed by atoms with E-state index in [4.69, 9.17) is 4.74 Å². The summed E-state index contributed by atoms with van der Waals surface area (Å²) in [6.07, 6.45) is 0.777. The minimum absolute atomic E-state index is 0.193. The van der Waals surface area contributed by atoms with Gasteiger partial charge >= 0.3 is 0 Å². The summed E-state index contributed by atoms with van der Waals surface area (Å²) < 4.78 is 20.1. The Bertz CT molecular complexity index is 572. The monoisotopic (exact) mass is 221 g/mol. The summed E-state index contributed by atoms with van der Waals surface area (Å²) in [6.45, 7) is 1.84. The maximum absolute atomic E-state index is 13.5. The number of hydrogen-bond acceptors (Lipinski definition) is 2. The van der Waals surface area contributed by atoms with Gasteiger partial charge in [0.1, 0.15) is 0 Å². The number of hydrogen-bond donors (Lipinski definition) is 0. The number of fused-ring (bicyclic) bond motifs is 1. The molecule has 0 saturated heterocycles. The van der Waals surface area contributed by atoms with E-state index in [0.717, 1.165) is 17.2 Å². The van der Waals surface area contributed by atoms with E-state index in [-0.39, 0.29) is 5.75 Å². The summed E-state index contributed by atoms with van der Waals surface area (Å²) in [4.78, 5) is 10.9. The van der Waals surface area contributed by atoms with Crippen LogP contribution in [0, 0.1) is 12.7 Å². The maximum atomic E-state index is 13.5. The number of carbonyl (C=O) groups is 1. The Hall–Kier alpha value is -1.84. The lowest BCUT2D eigenvalue weighted by atomic mass is 10.1. The lowest BCUT2D eigenvalue weighted by Gasteiger charge is -2.03. The molecule has 0 aliphatic heterocycles. The Morgan fingerprint density at radius 2 is 2.12 bits per heavy atom. The molecule has 84 valence electrons. The second kappa shape index (κ2) is 3.63. The predicted molar refractivity (Wildman–Crippen MR) is 59.6 cm³/mol. The molecule has 1 aromatic carbocycles. The summed E-state index contributed by atoms with van der Waals surface area (Å²) in [5, 5.41) is 0.836. The molecule has 0 unspecified atom stereocenters. The highest BCUT2D eigenvalue weighted by Gasteiger charge is 2.14. The van der Waals surface area contributed by atoms with E-state index in [0.29, 0.717) is 11.2 Å². The third kappa shape index (κ3) is 1.30. The van der Waals surface area contributed by atoms with E-state index in [1.165, 1.54) is 13.2 Å². The zero-order valence-electron chi connectivity index (χ0n) is 9.37. The maximum Gasteiger partial charge on any atom is 0.167 e. The van der Waals surface area contributed by atoms with Crippen LogP contribution in [0.4, 0.5) is 4.39 Å². The number of methoxy groups -OCH3 is 1. The second-order valence-corrected chi connectivity index (χ2v) is 3.69. The lowest BCUT2D eigenvalue weighted by molar-refractivity contribution is 0.111. The number of aromatic nitrogens is 1. The first-order valence-electron chi connectivity index (χ1n) is 4.87. The molecule has 0 spiro atoms. The van der Waals surface area contributed by atoms with Gasteiger partial charge in [-0.3, -0.25) is 4.79 Å². The average Bonchev–Trinajstić information content (AvgIpc) is 2.50. The van der Waals surface area contributed by atoms with Crippen LogP contribution in [0.2, 0.25) is 0 Å². The van der Waals surface area contributed by atoms with Crippen LogP contribution in [0.1, 0.15) is 16.1 Å². The first-order valence-corrected chi connectivity index (χ1v) is 4.87. The van der Waals surface area contributed by atoms with Crippen LogP contribution >= 0.6 is 0 Å². The number of benzene rings is 1. The number of carbonyl (C=O) groups excluding carboxylic acids is 1. The zero-order chi connectivity index (χ0) is 11.9. The van der Waals surface area contributed by atoms with E-state index in [1.54, 1.807) is 17.7 Å². The van der Waals surface area contributed by atoms with Crippen LogP contribution in [0.3, 0.4) is 0 Å². The molecular weight excluding hydrogens is 209 g/mol. The second-order valence-electron chi connectivity index (χ2n) is 3.69. The minimum Gasteiger partial charge on any atom is -0.494 e. The van der Waals surface area contributed by atoms with Crippen LogP contribution < -0.4 is 4.74 Å². The first-order chi connectivity index (χ1) is 7.60. The number of nitrogens with zero attached hydrogens (tertiary/aromatic N) is 1. The SMILES string of the molecule is COc1cc2c(C)c(C=O)n(C)c2cc1F. The standard InChI is InChI=1S/C12H12FNO2/c1-7-8-4-12(16-3)9(13)5-10(8)14(2)11(7)6-15/h4-6H,1-3H3. The normalized spacial score (nSPS) is 10.8. The van der Waals surface area contributed by atoms with Crippen molar-refractivity contribution in [3.05, 3.63) is 29.2 Å². The Kier molecular flexibility index (Phi) is 2.42. The number of rotatable bonds is 2. The van der Waals surface area contributed by atoms with Gasteiger partial charge in [0, 0.05) is 18.5 Å². The van der Waals surface area contributed by atoms with Gasteiger partial charge < -0.3 is 9.30 Å². The Morgan fingerprint density at radius 3 is 2.69 bits per heavy atom. The highest BCUT2D eigenvalue weighted by Crippen LogP contribution is 2.29. The van der Waals surface area contributed by atoms with Crippen LogP contribution in [-0.2, 0) is 7.05 Å². The van der Waals surface area contributed by atoms with Gasteiger partial charge in [0.15, 0.2) is 17.9 Å². The Balaban J connectivity index is 2.89. The number of ether oxygens (including phenoxy) is 1. The van der Waals surface area contributed by atoms with Crippen molar-refractivity contribution < 1.29 is 13.9 Å². The number of aldehydes is 1. The van der Waals surface area contributed by atoms with Gasteiger partial charge in [-0.05, 0) is 18.6 Å². The van der Waals surface area contributed by atoms with Crippen LogP contribution in [0.5, 0.6) is 5.75 Å². The van der Waals surface area contributed by atoms with Crippen molar-refractivity contribution in [1.82, 2.24) is 4.57 Å². The van der Waals surface area contributed by atoms with E-state index in [9.17, 15) is 9.18 Å². The molecule has 1 aromatic heterocycles. The zero-order valence-corrected chi connectivity index (χ0v) is 9.37. The highest BCUT2D eigenvalue weighted by atomic mass is 19.1. The summed E-state index contributed by atoms with van der Waals surface area (Å²) in [5.74, 6) is -0.230. The summed E-state index contributed by atoms with van der Waals surface area (Å²) >= 11 is 0. The molecule has 4 heteroatoms. The lowest BCUT2D eigenvalue weighted by Crippen LogP contribution is -1.95. The van der Waals surface area contributed by atoms with Gasteiger partial charge in [0.25, 0.3) is 0 Å². The van der Waals surface area contributed by atoms with Crippen molar-refractivity contribution in [3.63, 3.8) is 0 Å². The molecule has 0 saturated carbocycles. The van der Waals surface area contributed by atoms with Crippen molar-refractivity contribution in [3.8, 4) is 5.75 Å². The van der Waals surface area contributed by atoms with Crippen molar-refractivity contribution in [2.45, 2.75) is 6.92 Å². The quantitative estimate of drug-likeness (QED) is 0.729. The van der Waals surface area contributed by atoms with Gasteiger partial charge in [-0.15, -0.1) is 0 Å². The van der Waals surface area contributed by atoms with Crippen molar-refractivity contribution in [1.29, 1.82) is 0 Å². The van der Waals surface area contributed by atoms with E-state index in [2.05, 4.69) is 0 Å². The molecule has 0 bridgehead atoms. The van der Waals surface area contributed by atoms with Gasteiger partial charge in [-0.2, -0.15) is 0 Å². The van der Waals surface area contributed by atoms with Crippen molar-refractivity contribution in [2.24, 2.45) is 7.05 Å². The third-order valence-electron chi connectivity index (χ3n) is 2.89. The first kappa shape index (κ1) is 10.7. The van der Waals surface area contributed by atoms with Gasteiger partial charge in [0.2, 0.25) is 0 Å². The Labute approximate surface area is 92.4 Å². The summed E-state index contributed by atoms with van der Waals surface area (Å²) in [7, 11) is 3.16. The van der Waals surface area contributed by atoms with E-state index in [1.807, 2.05) is 6.92 Å². The third-order valence-corrected chi connectivity index (χ3v) is 2.89. The molecular formula is C12H12FNO2. The average molecular weight is 221 g/mol. The van der Waals surface area contributed by atoms with Crippen molar-refractivity contribution in [2.75, 3.05) is 7.11 Å². The van der Waals surface area contributed by atoms with Crippen molar-refractivity contribution >= 4 is 17.2 Å². The predicted octanol–water partition coefficient (Wildman–Crippen LogP) is 2.45. The minimum atomic E-state index is -0.423. The van der Waals surface area contributed by atoms with Crippen LogP contribution in [-0.4, -0.2) is 18.0 Å². The van der Waals surface area contributed by atoms with Gasteiger partial charge in [0.05, 0.1) is 18.3 Å². The fourth-order valence-corrected chi connectivity index (χ4v) is 1.96. The van der Waals surface area contributed by atoms with E-state index >= 15 is 0 Å². The van der Waals surface area contributed by atoms with Crippen LogP contribution in [0.25, 0.3) is 10.9 Å². The molecule has 0 aliphatic rings. The smallest absolute Gasteiger partial charge is 0.167 e. The Morgan fingerprint density at radius 1 is 1.44 bits per heavy atom. The molecule has 1 heterocycles. The van der Waals surface area contributed by atoms with Gasteiger partial charge in [-0.1, -0.05) is 0 Å². The molecule has 0 amide bonds. The van der Waals surface area contributed by atoms with E-state index < -0.39 is 5.82 Å². The van der Waals surface area contributed by atoms with Crippen LogP contribution in [0.15, 0.2) is 12.1 Å². The molecule has 0 aliphatic carbocycles. The topological polar surface area (TPSA) is 31.2 Å². The highest BCUT2D eigenvalue weighted by molar-refractivity contribution is 5.93. The molecule has 2 rings (SSSR count). The molecule has 0 atom stereocenters. The fraction of sp³-hybridized carbons (Fsp3) is 0.250. The molecule has 0 radical (unpaired) electrons. The number of halogens is 1. The fourth-order valence-electron chi connectivity index (χ4n) is 1.96. The summed E-state index contributed by atoms with van der Waals surface area (Å²) in [6, 6.07) is 3.00.